The van der Waals surface area contributed by atoms with Crippen LogP contribution in [0.25, 0.3) is 10.9 Å². The zero-order valence-electron chi connectivity index (χ0n) is 43.6. The number of aromatic nitrogens is 3. The quantitative estimate of drug-likeness (QED) is 0.0328. The van der Waals surface area contributed by atoms with Crippen LogP contribution in [0, 0.1) is 5.92 Å². The second-order valence-electron chi connectivity index (χ2n) is 19.7. The van der Waals surface area contributed by atoms with Crippen molar-refractivity contribution >= 4 is 70.0 Å². The van der Waals surface area contributed by atoms with Crippen LogP contribution >= 0.6 is 11.8 Å². The number of carboxylic acid groups (broad SMARTS) is 1. The molecule has 8 atom stereocenters. The summed E-state index contributed by atoms with van der Waals surface area (Å²) in [7, 11) is 0. The number of nitrogens with zero attached hydrogens (tertiary/aromatic N) is 2. The molecule has 78 heavy (non-hydrogen) atoms. The molecule has 24 heteroatoms. The molecule has 14 N–H and O–H groups in total. The van der Waals surface area contributed by atoms with Crippen LogP contribution in [-0.2, 0) is 64.0 Å². The van der Waals surface area contributed by atoms with Gasteiger partial charge in [-0.15, -0.1) is 0 Å². The van der Waals surface area contributed by atoms with Gasteiger partial charge in [0, 0.05) is 54.8 Å². The molecule has 418 valence electrons. The van der Waals surface area contributed by atoms with E-state index in [1.807, 2.05) is 38.1 Å². The first kappa shape index (κ1) is 59.3. The number of amides is 7. The SMILES string of the molecule is CSCC[C@@H](NC(=O)[C@@H](CC(C)C)NC(=O)[C@@H](Cc1ccc(O)cc1)NC(=O)[C@@H](Cc1ccc(O)cc1)NC(=O)[C@@H]1CCCN1C(=O)[C@@H](Cc1cnc[nH]1)NC(=O)[C@@H](CO)NC(=O)[C@H](N)Cc1c[nH]c2ccccc12)C(=O)O. The second-order valence-corrected chi connectivity index (χ2v) is 20.7. The zero-order valence-corrected chi connectivity index (χ0v) is 44.4. The van der Waals surface area contributed by atoms with E-state index in [2.05, 4.69) is 46.9 Å². The van der Waals surface area contributed by atoms with Gasteiger partial charge in [0.15, 0.2) is 0 Å². The number of nitrogens with two attached hydrogens (primary N) is 1. The Morgan fingerprint density at radius 3 is 1.86 bits per heavy atom. The molecule has 0 aliphatic carbocycles. The zero-order chi connectivity index (χ0) is 56.5. The average Bonchev–Trinajstić information content (AvgIpc) is 4.25. The Labute approximate surface area is 454 Å². The molecule has 0 bridgehead atoms. The van der Waals surface area contributed by atoms with Crippen LogP contribution in [0.15, 0.2) is 91.5 Å². The van der Waals surface area contributed by atoms with Crippen molar-refractivity contribution in [3.8, 4) is 11.5 Å². The fourth-order valence-electron chi connectivity index (χ4n) is 9.13. The molecule has 0 radical (unpaired) electrons. The minimum absolute atomic E-state index is 0.0602. The van der Waals surface area contributed by atoms with Crippen LogP contribution in [0.3, 0.4) is 0 Å². The number of aliphatic hydroxyl groups is 1. The molecule has 1 saturated heterocycles. The molecule has 3 aromatic carbocycles. The largest absolute Gasteiger partial charge is 0.508 e. The lowest BCUT2D eigenvalue weighted by Gasteiger charge is -2.31. The summed E-state index contributed by atoms with van der Waals surface area (Å²) >= 11 is 1.40. The van der Waals surface area contributed by atoms with Crippen molar-refractivity contribution < 1.29 is 58.8 Å². The molecule has 7 amide bonds. The number of carboxylic acids is 1. The molecule has 5 aromatic rings. The highest BCUT2D eigenvalue weighted by atomic mass is 32.2. The number of aliphatic carboxylic acids is 1. The Hall–Kier alpha value is -7.96. The molecule has 0 spiro atoms. The van der Waals surface area contributed by atoms with Gasteiger partial charge in [-0.1, -0.05) is 56.3 Å². The van der Waals surface area contributed by atoms with E-state index in [4.69, 9.17) is 5.73 Å². The van der Waals surface area contributed by atoms with Crippen LogP contribution in [-0.4, -0.2) is 161 Å². The summed E-state index contributed by atoms with van der Waals surface area (Å²) in [6, 6.07) is 8.70. The second kappa shape index (κ2) is 28.4. The first-order valence-electron chi connectivity index (χ1n) is 25.6. The monoisotopic (exact) mass is 1100 g/mol. The highest BCUT2D eigenvalue weighted by Crippen LogP contribution is 2.22. The number of aromatic hydroxyl groups is 2. The summed E-state index contributed by atoms with van der Waals surface area (Å²) in [6.07, 6.45) is 6.71. The molecule has 1 aliphatic rings. The third kappa shape index (κ3) is 16.8. The summed E-state index contributed by atoms with van der Waals surface area (Å²) < 4.78 is 0. The van der Waals surface area contributed by atoms with Gasteiger partial charge in [0.2, 0.25) is 41.4 Å². The summed E-state index contributed by atoms with van der Waals surface area (Å²) in [6.45, 7) is 2.85. The number of carbonyl (C=O) groups is 8. The highest BCUT2D eigenvalue weighted by molar-refractivity contribution is 7.98. The van der Waals surface area contributed by atoms with Gasteiger partial charge in [-0.25, -0.2) is 9.78 Å². The molecule has 0 saturated carbocycles. The number of phenolic OH excluding ortho intramolecular Hbond substituents is 2. The van der Waals surface area contributed by atoms with E-state index in [9.17, 15) is 58.8 Å². The Kier molecular flexibility index (Phi) is 21.6. The maximum absolute atomic E-state index is 14.7. The normalized spacial score (nSPS) is 16.0. The van der Waals surface area contributed by atoms with Gasteiger partial charge in [0.25, 0.3) is 0 Å². The van der Waals surface area contributed by atoms with Crippen LogP contribution in [0.2, 0.25) is 0 Å². The molecule has 1 aliphatic heterocycles. The Bertz CT molecular complexity index is 2850. The predicted octanol–water partition coefficient (Wildman–Crippen LogP) is 0.676. The molecule has 0 unspecified atom stereocenters. The number of phenols is 2. The van der Waals surface area contributed by atoms with E-state index in [1.54, 1.807) is 12.5 Å². The van der Waals surface area contributed by atoms with Crippen molar-refractivity contribution in [2.24, 2.45) is 11.7 Å². The maximum atomic E-state index is 14.7. The van der Waals surface area contributed by atoms with Gasteiger partial charge < -0.3 is 72.9 Å². The van der Waals surface area contributed by atoms with Crippen LogP contribution in [0.1, 0.15) is 61.9 Å². The number of hydrogen-bond donors (Lipinski definition) is 13. The smallest absolute Gasteiger partial charge is 0.326 e. The molecule has 3 heterocycles. The van der Waals surface area contributed by atoms with Crippen molar-refractivity contribution in [3.63, 3.8) is 0 Å². The topological polar surface area (TPSA) is 363 Å². The fourth-order valence-corrected chi connectivity index (χ4v) is 9.60. The number of para-hydroxylation sites is 1. The van der Waals surface area contributed by atoms with Gasteiger partial charge in [0.05, 0.1) is 19.0 Å². The Balaban J connectivity index is 1.21. The summed E-state index contributed by atoms with van der Waals surface area (Å²) in [5, 5.41) is 57.0. The van der Waals surface area contributed by atoms with E-state index in [0.717, 1.165) is 16.5 Å². The molecular formula is C54H69N11O12S. The fraction of sp³-hybridized carbons (Fsp3) is 0.426. The van der Waals surface area contributed by atoms with Crippen molar-refractivity contribution in [2.45, 2.75) is 114 Å². The molecular weight excluding hydrogens is 1030 g/mol. The minimum Gasteiger partial charge on any atom is -0.508 e. The van der Waals surface area contributed by atoms with Gasteiger partial charge in [-0.3, -0.25) is 33.6 Å². The summed E-state index contributed by atoms with van der Waals surface area (Å²) in [4.78, 5) is 123. The predicted molar refractivity (Wildman–Crippen MR) is 289 cm³/mol. The number of nitrogens with one attached hydrogen (secondary N) is 8. The molecule has 23 nitrogen and oxygen atoms in total. The molecule has 2 aromatic heterocycles. The lowest BCUT2D eigenvalue weighted by molar-refractivity contribution is -0.143. The number of thioether (sulfide) groups is 1. The van der Waals surface area contributed by atoms with Crippen molar-refractivity contribution in [1.82, 2.24) is 51.8 Å². The average molecular weight is 1100 g/mol. The Morgan fingerprint density at radius 2 is 1.27 bits per heavy atom. The lowest BCUT2D eigenvalue weighted by atomic mass is 9.99. The first-order chi connectivity index (χ1) is 37.3. The van der Waals surface area contributed by atoms with Gasteiger partial charge in [-0.05, 0) is 97.1 Å². The maximum Gasteiger partial charge on any atom is 0.326 e. The van der Waals surface area contributed by atoms with E-state index in [-0.39, 0.29) is 68.9 Å². The number of H-pyrrole nitrogens is 2. The van der Waals surface area contributed by atoms with Gasteiger partial charge >= 0.3 is 5.97 Å². The third-order valence-corrected chi connectivity index (χ3v) is 13.9. The third-order valence-electron chi connectivity index (χ3n) is 13.3. The lowest BCUT2D eigenvalue weighted by Crippen LogP contribution is -2.61. The van der Waals surface area contributed by atoms with E-state index in [0.29, 0.717) is 29.0 Å². The number of aliphatic hydroxyl groups excluding tert-OH is 1. The minimum atomic E-state index is -1.53. The highest BCUT2D eigenvalue weighted by Gasteiger charge is 2.41. The van der Waals surface area contributed by atoms with Crippen molar-refractivity contribution in [2.75, 3.05) is 25.2 Å². The van der Waals surface area contributed by atoms with Gasteiger partial charge in [0.1, 0.15) is 53.8 Å². The number of aromatic amines is 2. The number of fused-ring (bicyclic) bond motifs is 1. The summed E-state index contributed by atoms with van der Waals surface area (Å²) in [5.74, 6) is -6.56. The van der Waals surface area contributed by atoms with E-state index in [1.165, 1.54) is 77.7 Å². The molecule has 6 rings (SSSR count). The number of benzene rings is 3. The first-order valence-corrected chi connectivity index (χ1v) is 27.0. The van der Waals surface area contributed by atoms with Crippen LogP contribution in [0.5, 0.6) is 11.5 Å². The number of imidazole rings is 1. The standard InChI is InChI=1S/C54H69N11O12S/c1-30(2)21-41(48(70)59-40(54(76)77)18-20-78-3)60-49(71)42(22-31-10-14-35(67)15-11-31)61-50(72)43(23-32-12-16-36(68)17-13-32)62-52(74)46-9-6-19-65(46)53(75)44(25-34-27-56-29-58-34)63-51(73)45(28-66)64-47(69)38(55)24-33-26-57-39-8-5-4-7-37(33)39/h4-5,7-8,10-17,26-27,29-30,38,40-46,57,66-68H,6,9,18-25,28,55H2,1-3H3,(H,56,58)(H,59,70)(H,60,71)(H,61,72)(H,62,74)(H,63,73)(H,64,69)(H,76,77)/t38-,40-,41-,42-,43-,44-,45-,46+/m1/s1. The number of hydrogen-bond acceptors (Lipinski definition) is 14. The number of rotatable bonds is 28. The molecule has 1 fully saturated rings. The van der Waals surface area contributed by atoms with Crippen LogP contribution in [0.4, 0.5) is 0 Å². The van der Waals surface area contributed by atoms with Crippen molar-refractivity contribution in [1.29, 1.82) is 0 Å². The number of carbonyl (C=O) groups excluding carboxylic acids is 7. The van der Waals surface area contributed by atoms with E-state index >= 15 is 0 Å². The van der Waals surface area contributed by atoms with Gasteiger partial charge in [-0.2, -0.15) is 11.8 Å². The van der Waals surface area contributed by atoms with Crippen molar-refractivity contribution in [3.05, 3.63) is 114 Å². The van der Waals surface area contributed by atoms with E-state index < -0.39 is 102 Å². The summed E-state index contributed by atoms with van der Waals surface area (Å²) in [5.41, 5.74) is 9.31. The Morgan fingerprint density at radius 1 is 0.705 bits per heavy atom. The number of likely N-dealkylation sites (tertiary alicyclic amines) is 1. The van der Waals surface area contributed by atoms with Crippen LogP contribution < -0.4 is 37.6 Å².